The third kappa shape index (κ3) is 2.54. The molecular weight excluding hydrogens is 279 g/mol. The molecule has 0 radical (unpaired) electrons. The zero-order chi connectivity index (χ0) is 12.6. The standard InChI is InChI=1S/C12H9Cl3N2/c1-6-7(2)16-12(17-11(6)15)9-4-3-8(13)5-10(9)14/h3-5H,1-2H3. The first-order valence-electron chi connectivity index (χ1n) is 4.95. The average Bonchev–Trinajstić information content (AvgIpc) is 2.25. The van der Waals surface area contributed by atoms with Crippen LogP contribution in [0.15, 0.2) is 18.2 Å². The lowest BCUT2D eigenvalue weighted by Gasteiger charge is -2.07. The van der Waals surface area contributed by atoms with Gasteiger partial charge in [0.15, 0.2) is 5.82 Å². The van der Waals surface area contributed by atoms with Gasteiger partial charge in [0.2, 0.25) is 0 Å². The van der Waals surface area contributed by atoms with E-state index < -0.39 is 0 Å². The number of rotatable bonds is 1. The topological polar surface area (TPSA) is 25.8 Å². The monoisotopic (exact) mass is 286 g/mol. The molecule has 0 saturated carbocycles. The highest BCUT2D eigenvalue weighted by Gasteiger charge is 2.11. The van der Waals surface area contributed by atoms with E-state index in [4.69, 9.17) is 34.8 Å². The van der Waals surface area contributed by atoms with Gasteiger partial charge in [0.25, 0.3) is 0 Å². The summed E-state index contributed by atoms with van der Waals surface area (Å²) in [6, 6.07) is 5.19. The van der Waals surface area contributed by atoms with Gasteiger partial charge in [-0.2, -0.15) is 0 Å². The number of benzene rings is 1. The van der Waals surface area contributed by atoms with Crippen LogP contribution in [-0.4, -0.2) is 9.97 Å². The molecule has 0 aliphatic rings. The molecule has 0 N–H and O–H groups in total. The summed E-state index contributed by atoms with van der Waals surface area (Å²) in [5, 5.41) is 1.53. The van der Waals surface area contributed by atoms with Gasteiger partial charge < -0.3 is 0 Å². The first-order valence-corrected chi connectivity index (χ1v) is 6.08. The third-order valence-corrected chi connectivity index (χ3v) is 3.42. The molecule has 0 aliphatic carbocycles. The van der Waals surface area contributed by atoms with Crippen molar-refractivity contribution in [1.82, 2.24) is 9.97 Å². The first-order chi connectivity index (χ1) is 7.99. The second-order valence-electron chi connectivity index (χ2n) is 3.67. The minimum absolute atomic E-state index is 0.443. The maximum absolute atomic E-state index is 6.10. The lowest BCUT2D eigenvalue weighted by molar-refractivity contribution is 1.07. The molecule has 0 fully saturated rings. The smallest absolute Gasteiger partial charge is 0.162 e. The van der Waals surface area contributed by atoms with E-state index in [0.717, 1.165) is 16.8 Å². The van der Waals surface area contributed by atoms with Crippen molar-refractivity contribution >= 4 is 34.8 Å². The molecule has 2 aromatic rings. The predicted molar refractivity (Wildman–Crippen MR) is 72.0 cm³/mol. The summed E-state index contributed by atoms with van der Waals surface area (Å²) < 4.78 is 0. The molecule has 1 aromatic heterocycles. The van der Waals surface area contributed by atoms with Gasteiger partial charge in [0, 0.05) is 21.8 Å². The molecule has 0 atom stereocenters. The van der Waals surface area contributed by atoms with Crippen molar-refractivity contribution in [3.63, 3.8) is 0 Å². The lowest BCUT2D eigenvalue weighted by atomic mass is 10.2. The molecule has 0 spiro atoms. The van der Waals surface area contributed by atoms with Crippen LogP contribution in [0.25, 0.3) is 11.4 Å². The van der Waals surface area contributed by atoms with Crippen molar-refractivity contribution in [2.75, 3.05) is 0 Å². The second-order valence-corrected chi connectivity index (χ2v) is 4.87. The van der Waals surface area contributed by atoms with Crippen LogP contribution in [0.1, 0.15) is 11.3 Å². The average molecular weight is 288 g/mol. The highest BCUT2D eigenvalue weighted by atomic mass is 35.5. The summed E-state index contributed by atoms with van der Waals surface area (Å²) in [6.45, 7) is 3.77. The molecule has 0 bridgehead atoms. The van der Waals surface area contributed by atoms with Gasteiger partial charge in [-0.15, -0.1) is 0 Å². The number of halogens is 3. The maximum Gasteiger partial charge on any atom is 0.162 e. The number of hydrogen-bond acceptors (Lipinski definition) is 2. The third-order valence-electron chi connectivity index (χ3n) is 2.50. The van der Waals surface area contributed by atoms with Crippen LogP contribution in [0.4, 0.5) is 0 Å². The van der Waals surface area contributed by atoms with E-state index in [1.165, 1.54) is 0 Å². The number of nitrogens with zero attached hydrogens (tertiary/aromatic N) is 2. The predicted octanol–water partition coefficient (Wildman–Crippen LogP) is 4.72. The van der Waals surface area contributed by atoms with Gasteiger partial charge in [0.1, 0.15) is 5.15 Å². The van der Waals surface area contributed by atoms with Gasteiger partial charge in [-0.1, -0.05) is 34.8 Å². The van der Waals surface area contributed by atoms with Crippen LogP contribution in [0.5, 0.6) is 0 Å². The Balaban J connectivity index is 2.61. The van der Waals surface area contributed by atoms with Crippen molar-refractivity contribution in [2.45, 2.75) is 13.8 Å². The Kier molecular flexibility index (Phi) is 3.57. The molecule has 0 aliphatic heterocycles. The number of aromatic nitrogens is 2. The van der Waals surface area contributed by atoms with Gasteiger partial charge >= 0.3 is 0 Å². The number of hydrogen-bond donors (Lipinski definition) is 0. The Morgan fingerprint density at radius 3 is 2.29 bits per heavy atom. The van der Waals surface area contributed by atoms with E-state index in [9.17, 15) is 0 Å². The Morgan fingerprint density at radius 2 is 1.71 bits per heavy atom. The molecule has 0 unspecified atom stereocenters. The number of aryl methyl sites for hydroxylation is 1. The van der Waals surface area contributed by atoms with Gasteiger partial charge in [0.05, 0.1) is 5.02 Å². The Hall–Kier alpha value is -0.830. The maximum atomic E-state index is 6.10. The SMILES string of the molecule is Cc1nc(-c2ccc(Cl)cc2Cl)nc(Cl)c1C. The van der Waals surface area contributed by atoms with Gasteiger partial charge in [-0.25, -0.2) is 9.97 Å². The van der Waals surface area contributed by atoms with Crippen LogP contribution < -0.4 is 0 Å². The Labute approximate surface area is 115 Å². The summed E-state index contributed by atoms with van der Waals surface area (Å²) in [6.07, 6.45) is 0. The molecular formula is C12H9Cl3N2. The van der Waals surface area contributed by atoms with Crippen molar-refractivity contribution in [1.29, 1.82) is 0 Å². The van der Waals surface area contributed by atoms with E-state index in [-0.39, 0.29) is 0 Å². The van der Waals surface area contributed by atoms with Crippen LogP contribution >= 0.6 is 34.8 Å². The molecule has 5 heteroatoms. The van der Waals surface area contributed by atoms with E-state index in [1.54, 1.807) is 18.2 Å². The van der Waals surface area contributed by atoms with E-state index in [0.29, 0.717) is 21.0 Å². The zero-order valence-corrected chi connectivity index (χ0v) is 11.5. The summed E-state index contributed by atoms with van der Waals surface area (Å²) >= 11 is 18.0. The van der Waals surface area contributed by atoms with E-state index in [2.05, 4.69) is 9.97 Å². The zero-order valence-electron chi connectivity index (χ0n) is 9.26. The normalized spacial score (nSPS) is 10.6. The van der Waals surface area contributed by atoms with Crippen LogP contribution in [-0.2, 0) is 0 Å². The Bertz CT molecular complexity index is 559. The van der Waals surface area contributed by atoms with Crippen molar-refractivity contribution in [3.8, 4) is 11.4 Å². The fourth-order valence-corrected chi connectivity index (χ4v) is 2.09. The van der Waals surface area contributed by atoms with Crippen molar-refractivity contribution in [3.05, 3.63) is 44.7 Å². The molecule has 1 aromatic carbocycles. The second kappa shape index (κ2) is 4.81. The summed E-state index contributed by atoms with van der Waals surface area (Å²) in [7, 11) is 0. The quantitative estimate of drug-likeness (QED) is 0.709. The van der Waals surface area contributed by atoms with Crippen LogP contribution in [0, 0.1) is 13.8 Å². The fraction of sp³-hybridized carbons (Fsp3) is 0.167. The Morgan fingerprint density at radius 1 is 1.00 bits per heavy atom. The fourth-order valence-electron chi connectivity index (χ4n) is 1.39. The van der Waals surface area contributed by atoms with Crippen molar-refractivity contribution in [2.24, 2.45) is 0 Å². The van der Waals surface area contributed by atoms with Gasteiger partial charge in [-0.05, 0) is 32.0 Å². The molecule has 1 heterocycles. The summed E-state index contributed by atoms with van der Waals surface area (Å²) in [5.41, 5.74) is 2.44. The van der Waals surface area contributed by atoms with E-state index in [1.807, 2.05) is 13.8 Å². The lowest BCUT2D eigenvalue weighted by Crippen LogP contribution is -1.96. The highest BCUT2D eigenvalue weighted by molar-refractivity contribution is 6.36. The summed E-state index contributed by atoms with van der Waals surface area (Å²) in [5.74, 6) is 0.514. The summed E-state index contributed by atoms with van der Waals surface area (Å²) in [4.78, 5) is 8.59. The first kappa shape index (κ1) is 12.6. The highest BCUT2D eigenvalue weighted by Crippen LogP contribution is 2.29. The molecule has 2 nitrogen and oxygen atoms in total. The minimum Gasteiger partial charge on any atom is -0.233 e. The van der Waals surface area contributed by atoms with Crippen molar-refractivity contribution < 1.29 is 0 Å². The van der Waals surface area contributed by atoms with Crippen LogP contribution in [0.2, 0.25) is 15.2 Å². The minimum atomic E-state index is 0.443. The molecule has 88 valence electrons. The molecule has 2 rings (SSSR count). The van der Waals surface area contributed by atoms with Crippen LogP contribution in [0.3, 0.4) is 0 Å². The van der Waals surface area contributed by atoms with Gasteiger partial charge in [-0.3, -0.25) is 0 Å². The molecule has 0 amide bonds. The molecule has 17 heavy (non-hydrogen) atoms. The van der Waals surface area contributed by atoms with E-state index >= 15 is 0 Å². The largest absolute Gasteiger partial charge is 0.233 e. The molecule has 0 saturated heterocycles.